The summed E-state index contributed by atoms with van der Waals surface area (Å²) in [6.07, 6.45) is 4.23. The van der Waals surface area contributed by atoms with Crippen molar-refractivity contribution < 1.29 is 0 Å². The third-order valence-electron chi connectivity index (χ3n) is 6.96. The second kappa shape index (κ2) is 9.46. The first-order valence-electron chi connectivity index (χ1n) is 11.5. The largest absolute Gasteiger partial charge is 0.304 e. The van der Waals surface area contributed by atoms with E-state index >= 15 is 0 Å². The number of likely N-dealkylation sites (N-methyl/N-ethyl adjacent to an activating group) is 1. The Bertz CT molecular complexity index is 934. The molecule has 0 amide bonds. The second-order valence-electron chi connectivity index (χ2n) is 8.91. The van der Waals surface area contributed by atoms with Crippen molar-refractivity contribution in [2.45, 2.75) is 45.8 Å². The molecule has 0 N–H and O–H groups in total. The fourth-order valence-electron chi connectivity index (χ4n) is 5.12. The van der Waals surface area contributed by atoms with E-state index in [1.807, 2.05) is 10.6 Å². The van der Waals surface area contributed by atoms with Gasteiger partial charge in [-0.05, 0) is 63.0 Å². The number of fused-ring (bicyclic) bond motifs is 1. The maximum atomic E-state index is 13.2. The lowest BCUT2D eigenvalue weighted by molar-refractivity contribution is 0.0592. The van der Waals surface area contributed by atoms with Gasteiger partial charge >= 0.3 is 0 Å². The van der Waals surface area contributed by atoms with Gasteiger partial charge in [-0.1, -0.05) is 24.6 Å². The number of pyridine rings is 1. The van der Waals surface area contributed by atoms with Crippen LogP contribution in [-0.2, 0) is 13.1 Å². The van der Waals surface area contributed by atoms with Gasteiger partial charge in [0.05, 0.1) is 5.52 Å². The molecule has 0 bridgehead atoms. The average Bonchev–Trinajstić information content (AvgIpc) is 2.77. The molecular formula is C25H36N4O. The second-order valence-corrected chi connectivity index (χ2v) is 8.91. The minimum atomic E-state index is 0.129. The minimum absolute atomic E-state index is 0.129. The summed E-state index contributed by atoms with van der Waals surface area (Å²) in [5.41, 5.74) is 3.26. The molecule has 0 atom stereocenters. The molecule has 162 valence electrons. The molecule has 30 heavy (non-hydrogen) atoms. The SMILES string of the molecule is C=CCn1c(=O)c(CN2CCC(N3CCN(CC)CC3)CC2)cc2cc(C)ccc21. The maximum absolute atomic E-state index is 13.2. The van der Waals surface area contributed by atoms with Gasteiger partial charge in [0.1, 0.15) is 0 Å². The molecule has 2 saturated heterocycles. The molecule has 1 aromatic heterocycles. The molecule has 3 heterocycles. The van der Waals surface area contributed by atoms with Crippen molar-refractivity contribution in [1.29, 1.82) is 0 Å². The summed E-state index contributed by atoms with van der Waals surface area (Å²) < 4.78 is 1.87. The van der Waals surface area contributed by atoms with Gasteiger partial charge in [0.15, 0.2) is 0 Å². The normalized spacial score (nSPS) is 20.1. The lowest BCUT2D eigenvalue weighted by Gasteiger charge is -2.42. The predicted octanol–water partition coefficient (Wildman–Crippen LogP) is 3.10. The van der Waals surface area contributed by atoms with Crippen LogP contribution >= 0.6 is 0 Å². The van der Waals surface area contributed by atoms with E-state index in [1.165, 1.54) is 51.1 Å². The number of hydrogen-bond donors (Lipinski definition) is 0. The van der Waals surface area contributed by atoms with Gasteiger partial charge in [-0.3, -0.25) is 14.6 Å². The van der Waals surface area contributed by atoms with Crippen molar-refractivity contribution in [3.63, 3.8) is 0 Å². The standard InChI is InChI=1S/C25H36N4O/c1-4-10-29-24-7-6-20(3)17-21(24)18-22(25(29)30)19-27-11-8-23(9-12-27)28-15-13-26(5-2)14-16-28/h4,6-7,17-18,23H,1,5,8-16,19H2,2-3H3. The number of rotatable bonds is 6. The number of piperidine rings is 1. The van der Waals surface area contributed by atoms with E-state index in [-0.39, 0.29) is 5.56 Å². The Morgan fingerprint density at radius 1 is 1.03 bits per heavy atom. The summed E-state index contributed by atoms with van der Waals surface area (Å²) in [4.78, 5) is 20.9. The fraction of sp³-hybridized carbons (Fsp3) is 0.560. The molecule has 0 unspecified atom stereocenters. The molecule has 2 aromatic rings. The Morgan fingerprint density at radius 2 is 1.77 bits per heavy atom. The molecule has 2 aliphatic heterocycles. The van der Waals surface area contributed by atoms with Crippen LogP contribution in [0.25, 0.3) is 10.9 Å². The lowest BCUT2D eigenvalue weighted by Crippen LogP contribution is -2.53. The first-order valence-corrected chi connectivity index (χ1v) is 11.5. The molecule has 5 heteroatoms. The highest BCUT2D eigenvalue weighted by atomic mass is 16.1. The van der Waals surface area contributed by atoms with Crippen molar-refractivity contribution >= 4 is 10.9 Å². The molecule has 5 nitrogen and oxygen atoms in total. The molecule has 2 fully saturated rings. The van der Waals surface area contributed by atoms with E-state index in [4.69, 9.17) is 0 Å². The van der Waals surface area contributed by atoms with Gasteiger partial charge < -0.3 is 9.47 Å². The highest BCUT2D eigenvalue weighted by Crippen LogP contribution is 2.21. The van der Waals surface area contributed by atoms with Gasteiger partial charge in [-0.25, -0.2) is 0 Å². The Hall–Kier alpha value is -1.95. The number of allylic oxidation sites excluding steroid dienone is 1. The summed E-state index contributed by atoms with van der Waals surface area (Å²) in [5, 5.41) is 1.15. The number of aromatic nitrogens is 1. The van der Waals surface area contributed by atoms with Crippen LogP contribution in [-0.4, -0.2) is 71.1 Å². The number of hydrogen-bond acceptors (Lipinski definition) is 4. The number of aryl methyl sites for hydroxylation is 1. The van der Waals surface area contributed by atoms with E-state index in [0.717, 1.165) is 36.1 Å². The molecule has 0 spiro atoms. The monoisotopic (exact) mass is 408 g/mol. The van der Waals surface area contributed by atoms with E-state index in [0.29, 0.717) is 12.6 Å². The quantitative estimate of drug-likeness (QED) is 0.688. The predicted molar refractivity (Wildman–Crippen MR) is 125 cm³/mol. The fourth-order valence-corrected chi connectivity index (χ4v) is 5.12. The molecular weight excluding hydrogens is 372 g/mol. The highest BCUT2D eigenvalue weighted by Gasteiger charge is 2.27. The van der Waals surface area contributed by atoms with E-state index < -0.39 is 0 Å². The van der Waals surface area contributed by atoms with E-state index in [9.17, 15) is 4.79 Å². The number of piperazine rings is 1. The minimum Gasteiger partial charge on any atom is -0.304 e. The van der Waals surface area contributed by atoms with Crippen LogP contribution in [0.4, 0.5) is 0 Å². The topological polar surface area (TPSA) is 31.7 Å². The summed E-state index contributed by atoms with van der Waals surface area (Å²) in [7, 11) is 0. The molecule has 0 saturated carbocycles. The van der Waals surface area contributed by atoms with Crippen molar-refractivity contribution in [2.24, 2.45) is 0 Å². The third-order valence-corrected chi connectivity index (χ3v) is 6.96. The van der Waals surface area contributed by atoms with E-state index in [1.54, 1.807) is 0 Å². The highest BCUT2D eigenvalue weighted by molar-refractivity contribution is 5.80. The third kappa shape index (κ3) is 4.53. The van der Waals surface area contributed by atoms with Crippen LogP contribution in [0.2, 0.25) is 0 Å². The Morgan fingerprint density at radius 3 is 2.43 bits per heavy atom. The van der Waals surface area contributed by atoms with Crippen LogP contribution in [0.1, 0.15) is 30.9 Å². The average molecular weight is 409 g/mol. The summed E-state index contributed by atoms with van der Waals surface area (Å²) in [5.74, 6) is 0. The van der Waals surface area contributed by atoms with E-state index in [2.05, 4.69) is 59.4 Å². The number of likely N-dealkylation sites (tertiary alicyclic amines) is 1. The van der Waals surface area contributed by atoms with Crippen molar-refractivity contribution in [3.05, 3.63) is 58.4 Å². The van der Waals surface area contributed by atoms with Crippen LogP contribution in [0.5, 0.6) is 0 Å². The zero-order valence-corrected chi connectivity index (χ0v) is 18.6. The Labute approximate surface area is 180 Å². The van der Waals surface area contributed by atoms with Crippen LogP contribution in [0.3, 0.4) is 0 Å². The van der Waals surface area contributed by atoms with Crippen LogP contribution in [0.15, 0.2) is 41.7 Å². The van der Waals surface area contributed by atoms with Gasteiger partial charge in [-0.15, -0.1) is 6.58 Å². The van der Waals surface area contributed by atoms with Gasteiger partial charge in [-0.2, -0.15) is 0 Å². The molecule has 4 rings (SSSR count). The molecule has 0 aliphatic carbocycles. The van der Waals surface area contributed by atoms with Gasteiger partial charge in [0.2, 0.25) is 0 Å². The lowest BCUT2D eigenvalue weighted by atomic mass is 10.0. The first kappa shape index (κ1) is 21.3. The maximum Gasteiger partial charge on any atom is 0.255 e. The zero-order valence-electron chi connectivity index (χ0n) is 18.6. The van der Waals surface area contributed by atoms with Gasteiger partial charge in [0, 0.05) is 50.9 Å². The summed E-state index contributed by atoms with van der Waals surface area (Å²) >= 11 is 0. The smallest absolute Gasteiger partial charge is 0.255 e. The van der Waals surface area contributed by atoms with Crippen LogP contribution < -0.4 is 5.56 Å². The Kier molecular flexibility index (Phi) is 6.71. The van der Waals surface area contributed by atoms with Gasteiger partial charge in [0.25, 0.3) is 5.56 Å². The van der Waals surface area contributed by atoms with Crippen molar-refractivity contribution in [1.82, 2.24) is 19.3 Å². The van der Waals surface area contributed by atoms with Crippen molar-refractivity contribution in [2.75, 3.05) is 45.8 Å². The molecule has 2 aliphatic rings. The Balaban J connectivity index is 1.44. The zero-order chi connectivity index (χ0) is 21.1. The number of nitrogens with zero attached hydrogens (tertiary/aromatic N) is 4. The van der Waals surface area contributed by atoms with Crippen molar-refractivity contribution in [3.8, 4) is 0 Å². The summed E-state index contributed by atoms with van der Waals surface area (Å²) in [6.45, 7) is 17.6. The number of benzene rings is 1. The first-order chi connectivity index (χ1) is 14.6. The molecule has 0 radical (unpaired) electrons. The van der Waals surface area contributed by atoms with Crippen LogP contribution in [0, 0.1) is 6.92 Å². The molecule has 1 aromatic carbocycles. The summed E-state index contributed by atoms with van der Waals surface area (Å²) in [6, 6.07) is 9.13.